The Labute approximate surface area is 106 Å². The number of hydrogen-bond acceptors (Lipinski definition) is 3. The van der Waals surface area contributed by atoms with Crippen LogP contribution >= 0.6 is 0 Å². The maximum atomic E-state index is 13.3. The molecule has 0 aliphatic rings. The molecule has 19 heavy (non-hydrogen) atoms. The molecule has 0 aromatic heterocycles. The normalized spacial score (nSPS) is 11.1. The number of carbonyl (C=O) groups is 1. The second-order valence-electron chi connectivity index (χ2n) is 3.44. The summed E-state index contributed by atoms with van der Waals surface area (Å²) in [6.45, 7) is 2.75. The average molecular weight is 281 g/mol. The molecule has 0 bridgehead atoms. The fourth-order valence-corrected chi connectivity index (χ4v) is 1.30. The van der Waals surface area contributed by atoms with Crippen LogP contribution in [0.15, 0.2) is 12.1 Å². The molecule has 1 aromatic carbocycles. The van der Waals surface area contributed by atoms with Gasteiger partial charge in [0.05, 0.1) is 12.3 Å². The van der Waals surface area contributed by atoms with Crippen LogP contribution in [0.2, 0.25) is 0 Å². The second-order valence-corrected chi connectivity index (χ2v) is 3.44. The third kappa shape index (κ3) is 4.31. The zero-order valence-corrected chi connectivity index (χ0v) is 10.1. The van der Waals surface area contributed by atoms with Crippen LogP contribution in [0.5, 0.6) is 5.75 Å². The summed E-state index contributed by atoms with van der Waals surface area (Å²) in [5.41, 5.74) is -0.606. The molecule has 0 fully saturated rings. The number of halogens is 4. The fraction of sp³-hybridized carbons (Fsp3) is 0.364. The first-order valence-electron chi connectivity index (χ1n) is 5.23. The Morgan fingerprint density at radius 1 is 1.37 bits per heavy atom. The highest BCUT2D eigenvalue weighted by atomic mass is 19.4. The Kier molecular flexibility index (Phi) is 4.57. The van der Waals surface area contributed by atoms with Crippen molar-refractivity contribution in [3.05, 3.63) is 23.5 Å². The van der Waals surface area contributed by atoms with Crippen molar-refractivity contribution < 1.29 is 31.8 Å². The highest BCUT2D eigenvalue weighted by Crippen LogP contribution is 2.34. The highest BCUT2D eigenvalue weighted by Gasteiger charge is 2.33. The van der Waals surface area contributed by atoms with Gasteiger partial charge in [-0.3, -0.25) is 5.32 Å². The van der Waals surface area contributed by atoms with Crippen molar-refractivity contribution in [2.75, 3.05) is 11.9 Å². The van der Waals surface area contributed by atoms with E-state index in [-0.39, 0.29) is 12.2 Å². The monoisotopic (exact) mass is 281 g/mol. The molecule has 0 spiro atoms. The molecule has 0 saturated heterocycles. The summed E-state index contributed by atoms with van der Waals surface area (Å²) in [7, 11) is 0. The quantitative estimate of drug-likeness (QED) is 0.861. The largest absolute Gasteiger partial charge is 0.573 e. The van der Waals surface area contributed by atoms with Gasteiger partial charge in [-0.2, -0.15) is 0 Å². The number of hydrogen-bond donors (Lipinski definition) is 1. The van der Waals surface area contributed by atoms with Gasteiger partial charge in [0, 0.05) is 5.56 Å². The molecule has 0 aliphatic heterocycles. The molecule has 106 valence electrons. The van der Waals surface area contributed by atoms with Gasteiger partial charge in [-0.25, -0.2) is 9.18 Å². The van der Waals surface area contributed by atoms with Crippen molar-refractivity contribution in [2.45, 2.75) is 20.2 Å². The first-order valence-corrected chi connectivity index (χ1v) is 5.23. The van der Waals surface area contributed by atoms with E-state index < -0.39 is 29.7 Å². The van der Waals surface area contributed by atoms with E-state index in [1.165, 1.54) is 13.8 Å². The first kappa shape index (κ1) is 15.1. The van der Waals surface area contributed by atoms with Crippen molar-refractivity contribution in [2.24, 2.45) is 0 Å². The van der Waals surface area contributed by atoms with E-state index in [1.54, 1.807) is 0 Å². The van der Waals surface area contributed by atoms with Crippen LogP contribution < -0.4 is 10.1 Å². The van der Waals surface area contributed by atoms with Crippen LogP contribution in [0.1, 0.15) is 12.5 Å². The van der Waals surface area contributed by atoms with E-state index in [9.17, 15) is 22.4 Å². The number of rotatable bonds is 3. The van der Waals surface area contributed by atoms with Crippen LogP contribution in [-0.2, 0) is 4.74 Å². The predicted molar refractivity (Wildman–Crippen MR) is 58.5 cm³/mol. The zero-order chi connectivity index (χ0) is 14.6. The van der Waals surface area contributed by atoms with Gasteiger partial charge in [0.25, 0.3) is 0 Å². The molecular formula is C11H11F4NO3. The number of carbonyl (C=O) groups excluding carboxylic acids is 1. The molecule has 1 N–H and O–H groups in total. The molecule has 1 rings (SSSR count). The molecule has 0 aliphatic carbocycles. The highest BCUT2D eigenvalue weighted by molar-refractivity contribution is 5.88. The van der Waals surface area contributed by atoms with Gasteiger partial charge in [-0.15, -0.1) is 13.2 Å². The van der Waals surface area contributed by atoms with Gasteiger partial charge in [0.15, 0.2) is 5.75 Å². The minimum Gasteiger partial charge on any atom is -0.450 e. The Morgan fingerprint density at radius 3 is 2.53 bits per heavy atom. The molecule has 1 aromatic rings. The van der Waals surface area contributed by atoms with Crippen molar-refractivity contribution in [1.82, 2.24) is 0 Å². The number of ether oxygens (including phenoxy) is 2. The summed E-state index contributed by atoms with van der Waals surface area (Å²) >= 11 is 0. The third-order valence-corrected chi connectivity index (χ3v) is 2.09. The SMILES string of the molecule is CCOC(=O)Nc1c(OC(F)(F)F)ccc(F)c1C. The second kappa shape index (κ2) is 5.77. The standard InChI is InChI=1S/C11H11F4NO3/c1-3-18-10(17)16-9-6(2)7(12)4-5-8(9)19-11(13,14)15/h4-5H,3H2,1-2H3,(H,16,17). The van der Waals surface area contributed by atoms with E-state index >= 15 is 0 Å². The third-order valence-electron chi connectivity index (χ3n) is 2.09. The number of anilines is 1. The molecule has 0 heterocycles. The molecule has 0 radical (unpaired) electrons. The van der Waals surface area contributed by atoms with Gasteiger partial charge in [0.1, 0.15) is 5.82 Å². The minimum absolute atomic E-state index is 0.0235. The van der Waals surface area contributed by atoms with Gasteiger partial charge in [-0.05, 0) is 26.0 Å². The molecule has 0 unspecified atom stereocenters. The van der Waals surface area contributed by atoms with Crippen LogP contribution in [0, 0.1) is 12.7 Å². The predicted octanol–water partition coefficient (Wildman–Crippen LogP) is 3.60. The zero-order valence-electron chi connectivity index (χ0n) is 10.1. The summed E-state index contributed by atoms with van der Waals surface area (Å²) in [6, 6.07) is 1.59. The van der Waals surface area contributed by atoms with E-state index in [1.807, 2.05) is 5.32 Å². The lowest BCUT2D eigenvalue weighted by molar-refractivity contribution is -0.274. The number of amides is 1. The molecule has 8 heteroatoms. The van der Waals surface area contributed by atoms with Gasteiger partial charge in [-0.1, -0.05) is 0 Å². The summed E-state index contributed by atoms with van der Waals surface area (Å²) in [5.74, 6) is -1.49. The lowest BCUT2D eigenvalue weighted by Gasteiger charge is -2.16. The van der Waals surface area contributed by atoms with Crippen LogP contribution in [0.25, 0.3) is 0 Å². The van der Waals surface area contributed by atoms with E-state index in [2.05, 4.69) is 9.47 Å². The number of benzene rings is 1. The van der Waals surface area contributed by atoms with E-state index in [4.69, 9.17) is 0 Å². The number of alkyl halides is 3. The smallest absolute Gasteiger partial charge is 0.450 e. The van der Waals surface area contributed by atoms with Crippen molar-refractivity contribution in [3.63, 3.8) is 0 Å². The molecule has 0 saturated carbocycles. The summed E-state index contributed by atoms with van der Waals surface area (Å²) in [5, 5.41) is 2.02. The average Bonchev–Trinajstić information content (AvgIpc) is 2.27. The molecule has 4 nitrogen and oxygen atoms in total. The Balaban J connectivity index is 3.10. The van der Waals surface area contributed by atoms with E-state index in [0.29, 0.717) is 0 Å². The van der Waals surface area contributed by atoms with Gasteiger partial charge < -0.3 is 9.47 Å². The van der Waals surface area contributed by atoms with E-state index in [0.717, 1.165) is 12.1 Å². The summed E-state index contributed by atoms with van der Waals surface area (Å²) in [4.78, 5) is 11.2. The van der Waals surface area contributed by atoms with Crippen LogP contribution in [0.4, 0.5) is 28.0 Å². The van der Waals surface area contributed by atoms with Crippen molar-refractivity contribution in [3.8, 4) is 5.75 Å². The lowest BCUT2D eigenvalue weighted by Crippen LogP contribution is -2.20. The maximum absolute atomic E-state index is 13.3. The van der Waals surface area contributed by atoms with Gasteiger partial charge >= 0.3 is 12.5 Å². The maximum Gasteiger partial charge on any atom is 0.573 e. The molecule has 1 amide bonds. The Bertz CT molecular complexity index is 474. The number of nitrogens with one attached hydrogen (secondary N) is 1. The van der Waals surface area contributed by atoms with Crippen molar-refractivity contribution in [1.29, 1.82) is 0 Å². The first-order chi connectivity index (χ1) is 8.74. The summed E-state index contributed by atoms with van der Waals surface area (Å²) in [6.07, 6.45) is -5.95. The lowest BCUT2D eigenvalue weighted by atomic mass is 10.1. The minimum atomic E-state index is -4.95. The van der Waals surface area contributed by atoms with Gasteiger partial charge in [0.2, 0.25) is 0 Å². The Hall–Kier alpha value is -1.99. The molecule has 0 atom stereocenters. The van der Waals surface area contributed by atoms with Crippen LogP contribution in [-0.4, -0.2) is 19.1 Å². The topological polar surface area (TPSA) is 47.6 Å². The fourth-order valence-electron chi connectivity index (χ4n) is 1.30. The Morgan fingerprint density at radius 2 is 2.00 bits per heavy atom. The van der Waals surface area contributed by atoms with Crippen molar-refractivity contribution >= 4 is 11.8 Å². The van der Waals surface area contributed by atoms with Crippen LogP contribution in [0.3, 0.4) is 0 Å². The molecular weight excluding hydrogens is 270 g/mol. The summed E-state index contributed by atoms with van der Waals surface area (Å²) < 4.78 is 58.1.